The summed E-state index contributed by atoms with van der Waals surface area (Å²) in [5.74, 6) is 0.930. The summed E-state index contributed by atoms with van der Waals surface area (Å²) in [5, 5.41) is 1.06. The number of benzene rings is 1. The molecule has 0 aliphatic heterocycles. The predicted molar refractivity (Wildman–Crippen MR) is 77.8 cm³/mol. The Bertz CT molecular complexity index is 750. The first kappa shape index (κ1) is 12.5. The van der Waals surface area contributed by atoms with Crippen LogP contribution in [0.2, 0.25) is 10.2 Å². The lowest BCUT2D eigenvalue weighted by molar-refractivity contribution is 0.765. The maximum Gasteiger partial charge on any atom is 0.129 e. The van der Waals surface area contributed by atoms with Crippen molar-refractivity contribution in [2.24, 2.45) is 0 Å². The topological polar surface area (TPSA) is 30.7 Å². The normalized spacial score (nSPS) is 11.1. The monoisotopic (exact) mass is 291 g/mol. The van der Waals surface area contributed by atoms with E-state index in [0.717, 1.165) is 22.6 Å². The molecule has 0 saturated heterocycles. The number of hydrogen-bond donors (Lipinski definition) is 0. The smallest absolute Gasteiger partial charge is 0.129 e. The zero-order chi connectivity index (χ0) is 13.4. The van der Waals surface area contributed by atoms with Crippen molar-refractivity contribution in [2.45, 2.75) is 13.5 Å². The molecule has 0 amide bonds. The van der Waals surface area contributed by atoms with Crippen LogP contribution in [0.4, 0.5) is 0 Å². The standard InChI is InChI=1S/C14H11Cl2N3/c1-9-17-11-4-2-3-5-13(11)19(9)8-12-10(15)6-7-14(16)18-12/h2-7H,8H2,1H3. The van der Waals surface area contributed by atoms with Gasteiger partial charge in [0.1, 0.15) is 11.0 Å². The Kier molecular flexibility index (Phi) is 3.17. The van der Waals surface area contributed by atoms with Crippen molar-refractivity contribution >= 4 is 34.2 Å². The Hall–Kier alpha value is -1.58. The minimum absolute atomic E-state index is 0.446. The number of rotatable bonds is 2. The second-order valence-corrected chi connectivity index (χ2v) is 5.09. The number of nitrogens with zero attached hydrogens (tertiary/aromatic N) is 3. The van der Waals surface area contributed by atoms with Crippen molar-refractivity contribution in [2.75, 3.05) is 0 Å². The minimum atomic E-state index is 0.446. The summed E-state index contributed by atoms with van der Waals surface area (Å²) in [7, 11) is 0. The molecule has 0 N–H and O–H groups in total. The molecule has 0 aliphatic carbocycles. The Morgan fingerprint density at radius 3 is 2.68 bits per heavy atom. The summed E-state index contributed by atoms with van der Waals surface area (Å²) >= 11 is 12.1. The molecule has 3 rings (SSSR count). The van der Waals surface area contributed by atoms with Gasteiger partial charge in [-0.15, -0.1) is 0 Å². The highest BCUT2D eigenvalue weighted by Crippen LogP contribution is 2.21. The van der Waals surface area contributed by atoms with Gasteiger partial charge in [-0.1, -0.05) is 35.3 Å². The number of halogens is 2. The van der Waals surface area contributed by atoms with Crippen LogP contribution in [0, 0.1) is 6.92 Å². The zero-order valence-electron chi connectivity index (χ0n) is 10.3. The van der Waals surface area contributed by atoms with Crippen LogP contribution < -0.4 is 0 Å². The van der Waals surface area contributed by atoms with E-state index in [1.807, 2.05) is 31.2 Å². The van der Waals surface area contributed by atoms with Crippen molar-refractivity contribution in [3.63, 3.8) is 0 Å². The first-order valence-corrected chi connectivity index (χ1v) is 6.63. The van der Waals surface area contributed by atoms with E-state index in [-0.39, 0.29) is 0 Å². The van der Waals surface area contributed by atoms with Gasteiger partial charge in [0.25, 0.3) is 0 Å². The van der Waals surface area contributed by atoms with Crippen LogP contribution in [-0.4, -0.2) is 14.5 Å². The lowest BCUT2D eigenvalue weighted by Gasteiger charge is -2.08. The van der Waals surface area contributed by atoms with Crippen molar-refractivity contribution in [1.82, 2.24) is 14.5 Å². The summed E-state index contributed by atoms with van der Waals surface area (Å²) < 4.78 is 2.08. The Labute approximate surface area is 120 Å². The number of aryl methyl sites for hydroxylation is 1. The third-order valence-electron chi connectivity index (χ3n) is 3.04. The minimum Gasteiger partial charge on any atom is -0.322 e. The maximum atomic E-state index is 6.16. The van der Waals surface area contributed by atoms with E-state index in [4.69, 9.17) is 23.2 Å². The number of para-hydroxylation sites is 2. The summed E-state index contributed by atoms with van der Waals surface area (Å²) in [6.45, 7) is 2.53. The lowest BCUT2D eigenvalue weighted by atomic mass is 10.3. The average Bonchev–Trinajstić information content (AvgIpc) is 2.71. The van der Waals surface area contributed by atoms with E-state index < -0.39 is 0 Å². The molecular weight excluding hydrogens is 281 g/mol. The molecule has 2 heterocycles. The van der Waals surface area contributed by atoms with Gasteiger partial charge >= 0.3 is 0 Å². The molecule has 2 aromatic heterocycles. The molecule has 0 saturated carbocycles. The fraction of sp³-hybridized carbons (Fsp3) is 0.143. The third kappa shape index (κ3) is 2.31. The predicted octanol–water partition coefficient (Wildman–Crippen LogP) is 4.09. The van der Waals surface area contributed by atoms with E-state index in [0.29, 0.717) is 16.7 Å². The number of pyridine rings is 1. The molecule has 1 aromatic carbocycles. The van der Waals surface area contributed by atoms with Gasteiger partial charge in [0.2, 0.25) is 0 Å². The highest BCUT2D eigenvalue weighted by molar-refractivity contribution is 6.32. The van der Waals surface area contributed by atoms with Crippen molar-refractivity contribution < 1.29 is 0 Å². The maximum absolute atomic E-state index is 6.16. The van der Waals surface area contributed by atoms with Gasteiger partial charge in [0.15, 0.2) is 0 Å². The van der Waals surface area contributed by atoms with Crippen molar-refractivity contribution in [3.8, 4) is 0 Å². The molecule has 0 radical (unpaired) electrons. The van der Waals surface area contributed by atoms with Crippen molar-refractivity contribution in [1.29, 1.82) is 0 Å². The molecular formula is C14H11Cl2N3. The average molecular weight is 292 g/mol. The number of imidazole rings is 1. The Morgan fingerprint density at radius 1 is 1.05 bits per heavy atom. The first-order valence-electron chi connectivity index (χ1n) is 5.88. The van der Waals surface area contributed by atoms with Crippen LogP contribution in [0.5, 0.6) is 0 Å². The lowest BCUT2D eigenvalue weighted by Crippen LogP contribution is -2.04. The van der Waals surface area contributed by atoms with Gasteiger partial charge in [0.05, 0.1) is 28.3 Å². The van der Waals surface area contributed by atoms with E-state index in [9.17, 15) is 0 Å². The van der Waals surface area contributed by atoms with Gasteiger partial charge in [-0.2, -0.15) is 0 Å². The molecule has 0 unspecified atom stereocenters. The van der Waals surface area contributed by atoms with E-state index in [1.54, 1.807) is 12.1 Å². The van der Waals surface area contributed by atoms with Gasteiger partial charge in [-0.3, -0.25) is 0 Å². The van der Waals surface area contributed by atoms with Gasteiger partial charge in [0, 0.05) is 0 Å². The molecule has 0 bridgehead atoms. The molecule has 3 aromatic rings. The second-order valence-electron chi connectivity index (χ2n) is 4.30. The summed E-state index contributed by atoms with van der Waals surface area (Å²) in [5.41, 5.74) is 2.79. The second kappa shape index (κ2) is 4.83. The molecule has 5 heteroatoms. The molecule has 0 atom stereocenters. The van der Waals surface area contributed by atoms with Gasteiger partial charge in [-0.25, -0.2) is 9.97 Å². The van der Waals surface area contributed by atoms with E-state index >= 15 is 0 Å². The van der Waals surface area contributed by atoms with Crippen molar-refractivity contribution in [3.05, 3.63) is 58.1 Å². The van der Waals surface area contributed by atoms with Crippen LogP contribution in [0.25, 0.3) is 11.0 Å². The first-order chi connectivity index (χ1) is 9.15. The zero-order valence-corrected chi connectivity index (χ0v) is 11.8. The fourth-order valence-corrected chi connectivity index (χ4v) is 2.44. The van der Waals surface area contributed by atoms with E-state index in [2.05, 4.69) is 14.5 Å². The van der Waals surface area contributed by atoms with Crippen LogP contribution in [0.3, 0.4) is 0 Å². The van der Waals surface area contributed by atoms with Crippen LogP contribution in [0.15, 0.2) is 36.4 Å². The fourth-order valence-electron chi connectivity index (χ4n) is 2.11. The highest BCUT2D eigenvalue weighted by atomic mass is 35.5. The highest BCUT2D eigenvalue weighted by Gasteiger charge is 2.10. The van der Waals surface area contributed by atoms with Crippen LogP contribution >= 0.6 is 23.2 Å². The Balaban J connectivity index is 2.10. The summed E-state index contributed by atoms with van der Waals surface area (Å²) in [4.78, 5) is 8.80. The third-order valence-corrected chi connectivity index (χ3v) is 3.59. The quantitative estimate of drug-likeness (QED) is 0.666. The van der Waals surface area contributed by atoms with Gasteiger partial charge in [-0.05, 0) is 31.2 Å². The van der Waals surface area contributed by atoms with E-state index in [1.165, 1.54) is 0 Å². The molecule has 3 nitrogen and oxygen atoms in total. The molecule has 0 spiro atoms. The summed E-state index contributed by atoms with van der Waals surface area (Å²) in [6.07, 6.45) is 0. The summed E-state index contributed by atoms with van der Waals surface area (Å²) in [6, 6.07) is 11.4. The number of fused-ring (bicyclic) bond motifs is 1. The molecule has 96 valence electrons. The SMILES string of the molecule is Cc1nc2ccccc2n1Cc1nc(Cl)ccc1Cl. The number of aromatic nitrogens is 3. The Morgan fingerprint density at radius 2 is 1.84 bits per heavy atom. The molecule has 19 heavy (non-hydrogen) atoms. The van der Waals surface area contributed by atoms with Crippen LogP contribution in [-0.2, 0) is 6.54 Å². The number of hydrogen-bond acceptors (Lipinski definition) is 2. The molecule has 0 aliphatic rings. The largest absolute Gasteiger partial charge is 0.322 e. The molecule has 0 fully saturated rings. The van der Waals surface area contributed by atoms with Crippen LogP contribution in [0.1, 0.15) is 11.5 Å². The van der Waals surface area contributed by atoms with Gasteiger partial charge < -0.3 is 4.57 Å².